The van der Waals surface area contributed by atoms with Gasteiger partial charge in [-0.3, -0.25) is 9.59 Å². The smallest absolute Gasteiger partial charge is 0.254 e. The predicted octanol–water partition coefficient (Wildman–Crippen LogP) is 2.72. The Morgan fingerprint density at radius 3 is 3.07 bits per heavy atom. The molecule has 154 valence electrons. The van der Waals surface area contributed by atoms with Crippen molar-refractivity contribution in [1.29, 1.82) is 0 Å². The summed E-state index contributed by atoms with van der Waals surface area (Å²) in [7, 11) is 0. The van der Waals surface area contributed by atoms with Gasteiger partial charge in [-0.1, -0.05) is 11.6 Å². The molecule has 1 atom stereocenters. The van der Waals surface area contributed by atoms with E-state index in [1.165, 1.54) is 18.4 Å². The molecule has 2 heterocycles. The summed E-state index contributed by atoms with van der Waals surface area (Å²) in [5, 5.41) is 3.01. The summed E-state index contributed by atoms with van der Waals surface area (Å²) in [5.74, 6) is 0.707. The molecular formula is C22H28N4O3. The van der Waals surface area contributed by atoms with Crippen LogP contribution in [-0.4, -0.2) is 59.0 Å². The van der Waals surface area contributed by atoms with Crippen LogP contribution >= 0.6 is 0 Å². The third-order valence-corrected chi connectivity index (χ3v) is 5.65. The molecule has 1 saturated heterocycles. The quantitative estimate of drug-likeness (QED) is 0.761. The summed E-state index contributed by atoms with van der Waals surface area (Å²) >= 11 is 0. The number of morpholine rings is 1. The number of hydrogen-bond donors (Lipinski definition) is 2. The van der Waals surface area contributed by atoms with E-state index in [1.807, 2.05) is 19.1 Å². The van der Waals surface area contributed by atoms with Gasteiger partial charge in [0.2, 0.25) is 5.91 Å². The van der Waals surface area contributed by atoms with E-state index in [9.17, 15) is 9.59 Å². The topological polar surface area (TPSA) is 87.3 Å². The Morgan fingerprint density at radius 2 is 2.24 bits per heavy atom. The average molecular weight is 396 g/mol. The molecule has 1 aromatic heterocycles. The Labute approximate surface area is 170 Å². The summed E-state index contributed by atoms with van der Waals surface area (Å²) in [4.78, 5) is 35.0. The fraction of sp³-hybridized carbons (Fsp3) is 0.500. The first-order chi connectivity index (χ1) is 14.1. The van der Waals surface area contributed by atoms with Crippen molar-refractivity contribution < 1.29 is 14.3 Å². The first kappa shape index (κ1) is 19.6. The number of allylic oxidation sites excluding steroid dienone is 1. The van der Waals surface area contributed by atoms with Gasteiger partial charge in [0, 0.05) is 25.1 Å². The molecule has 0 spiro atoms. The van der Waals surface area contributed by atoms with Crippen LogP contribution in [0.5, 0.6) is 0 Å². The molecule has 2 aliphatic rings. The number of H-pyrrole nitrogens is 1. The molecule has 1 unspecified atom stereocenters. The number of carbonyl (C=O) groups excluding carboxylic acids is 2. The second-order valence-electron chi connectivity index (χ2n) is 7.87. The maximum absolute atomic E-state index is 13.1. The van der Waals surface area contributed by atoms with Crippen molar-refractivity contribution in [2.45, 2.75) is 45.1 Å². The highest BCUT2D eigenvalue weighted by molar-refractivity contribution is 5.97. The molecular weight excluding hydrogens is 368 g/mol. The van der Waals surface area contributed by atoms with Gasteiger partial charge in [-0.15, -0.1) is 0 Å². The summed E-state index contributed by atoms with van der Waals surface area (Å²) in [6, 6.07) is 5.23. The number of nitrogens with zero attached hydrogens (tertiary/aromatic N) is 2. The first-order valence-corrected chi connectivity index (χ1v) is 10.4. The molecule has 4 rings (SSSR count). The fourth-order valence-electron chi connectivity index (χ4n) is 4.09. The van der Waals surface area contributed by atoms with Crippen molar-refractivity contribution in [3.05, 3.63) is 41.2 Å². The number of aromatic amines is 1. The van der Waals surface area contributed by atoms with Crippen LogP contribution in [0.25, 0.3) is 11.0 Å². The number of amides is 2. The summed E-state index contributed by atoms with van der Waals surface area (Å²) in [5.41, 5.74) is 3.59. The van der Waals surface area contributed by atoms with Crippen LogP contribution in [0.4, 0.5) is 0 Å². The standard InChI is InChI=1S/C22H28N4O3/c1-15-24-19-8-7-17(11-20(19)25-15)22(28)26-9-10-29-14-18(26)12-21(27)23-13-16-5-3-2-4-6-16/h5,7-8,11,18H,2-4,6,9-10,12-14H2,1H3,(H,23,27)(H,24,25). The molecule has 7 heteroatoms. The van der Waals surface area contributed by atoms with E-state index in [2.05, 4.69) is 21.4 Å². The second-order valence-corrected chi connectivity index (χ2v) is 7.87. The SMILES string of the molecule is Cc1nc2ccc(C(=O)N3CCOCC3CC(=O)NCC3=CCCCC3)cc2[nH]1. The van der Waals surface area contributed by atoms with Crippen LogP contribution in [0.3, 0.4) is 0 Å². The zero-order chi connectivity index (χ0) is 20.2. The largest absolute Gasteiger partial charge is 0.377 e. The Balaban J connectivity index is 1.41. The molecule has 1 aliphatic heterocycles. The van der Waals surface area contributed by atoms with Gasteiger partial charge in [0.25, 0.3) is 5.91 Å². The third kappa shape index (κ3) is 4.67. The van der Waals surface area contributed by atoms with E-state index < -0.39 is 0 Å². The van der Waals surface area contributed by atoms with Crippen LogP contribution in [0, 0.1) is 6.92 Å². The lowest BCUT2D eigenvalue weighted by molar-refractivity contribution is -0.123. The number of aryl methyl sites for hydroxylation is 1. The van der Waals surface area contributed by atoms with Crippen LogP contribution in [-0.2, 0) is 9.53 Å². The minimum atomic E-state index is -0.254. The maximum atomic E-state index is 13.1. The maximum Gasteiger partial charge on any atom is 0.254 e. The van der Waals surface area contributed by atoms with Gasteiger partial charge in [0.15, 0.2) is 0 Å². The number of carbonyl (C=O) groups is 2. The molecule has 1 aliphatic carbocycles. The van der Waals surface area contributed by atoms with Gasteiger partial charge in [0.05, 0.1) is 30.3 Å². The number of benzene rings is 1. The van der Waals surface area contributed by atoms with Gasteiger partial charge in [-0.2, -0.15) is 0 Å². The Bertz CT molecular complexity index is 933. The number of ether oxygens (including phenoxy) is 1. The van der Waals surface area contributed by atoms with E-state index >= 15 is 0 Å². The zero-order valence-corrected chi connectivity index (χ0v) is 16.9. The number of rotatable bonds is 5. The molecule has 7 nitrogen and oxygen atoms in total. The van der Waals surface area contributed by atoms with Crippen molar-refractivity contribution in [2.75, 3.05) is 26.3 Å². The van der Waals surface area contributed by atoms with Crippen LogP contribution in [0.2, 0.25) is 0 Å². The highest BCUT2D eigenvalue weighted by Crippen LogP contribution is 2.20. The van der Waals surface area contributed by atoms with Crippen LogP contribution < -0.4 is 5.32 Å². The summed E-state index contributed by atoms with van der Waals surface area (Å²) in [6.45, 7) is 3.86. The van der Waals surface area contributed by atoms with E-state index in [1.54, 1.807) is 11.0 Å². The number of hydrogen-bond acceptors (Lipinski definition) is 4. The molecule has 29 heavy (non-hydrogen) atoms. The monoisotopic (exact) mass is 396 g/mol. The van der Waals surface area contributed by atoms with Crippen molar-refractivity contribution in [3.8, 4) is 0 Å². The Morgan fingerprint density at radius 1 is 1.34 bits per heavy atom. The average Bonchev–Trinajstić information content (AvgIpc) is 3.12. The lowest BCUT2D eigenvalue weighted by Gasteiger charge is -2.35. The third-order valence-electron chi connectivity index (χ3n) is 5.65. The number of imidazole rings is 1. The zero-order valence-electron chi connectivity index (χ0n) is 16.9. The molecule has 2 N–H and O–H groups in total. The van der Waals surface area contributed by atoms with Gasteiger partial charge in [-0.25, -0.2) is 4.98 Å². The molecule has 0 bridgehead atoms. The van der Waals surface area contributed by atoms with E-state index in [-0.39, 0.29) is 24.3 Å². The van der Waals surface area contributed by atoms with Crippen LogP contribution in [0.1, 0.15) is 48.3 Å². The predicted molar refractivity (Wildman–Crippen MR) is 111 cm³/mol. The molecule has 1 fully saturated rings. The fourth-order valence-corrected chi connectivity index (χ4v) is 4.09. The van der Waals surface area contributed by atoms with Crippen molar-refractivity contribution >= 4 is 22.8 Å². The lowest BCUT2D eigenvalue weighted by Crippen LogP contribution is -2.50. The van der Waals surface area contributed by atoms with Gasteiger partial charge >= 0.3 is 0 Å². The first-order valence-electron chi connectivity index (χ1n) is 10.4. The van der Waals surface area contributed by atoms with Gasteiger partial charge in [0.1, 0.15) is 5.82 Å². The number of aromatic nitrogens is 2. The molecule has 1 aromatic carbocycles. The molecule has 2 aromatic rings. The van der Waals surface area contributed by atoms with E-state index in [0.29, 0.717) is 31.9 Å². The number of nitrogens with one attached hydrogen (secondary N) is 2. The molecule has 2 amide bonds. The molecule has 0 radical (unpaired) electrons. The minimum Gasteiger partial charge on any atom is -0.377 e. The van der Waals surface area contributed by atoms with E-state index in [0.717, 1.165) is 29.7 Å². The Hall–Kier alpha value is -2.67. The van der Waals surface area contributed by atoms with Crippen molar-refractivity contribution in [2.24, 2.45) is 0 Å². The van der Waals surface area contributed by atoms with Crippen LogP contribution in [0.15, 0.2) is 29.8 Å². The number of fused-ring (bicyclic) bond motifs is 1. The summed E-state index contributed by atoms with van der Waals surface area (Å²) < 4.78 is 5.57. The lowest BCUT2D eigenvalue weighted by atomic mass is 9.99. The summed E-state index contributed by atoms with van der Waals surface area (Å²) in [6.07, 6.45) is 7.08. The highest BCUT2D eigenvalue weighted by atomic mass is 16.5. The van der Waals surface area contributed by atoms with E-state index in [4.69, 9.17) is 4.74 Å². The molecule has 0 saturated carbocycles. The van der Waals surface area contributed by atoms with Crippen molar-refractivity contribution in [1.82, 2.24) is 20.2 Å². The highest BCUT2D eigenvalue weighted by Gasteiger charge is 2.30. The minimum absolute atomic E-state index is 0.0376. The Kier molecular flexibility index (Phi) is 5.94. The van der Waals surface area contributed by atoms with Gasteiger partial charge in [-0.05, 0) is 50.8 Å². The second kappa shape index (κ2) is 8.78. The van der Waals surface area contributed by atoms with Crippen molar-refractivity contribution in [3.63, 3.8) is 0 Å². The normalized spacial score (nSPS) is 19.8. The van der Waals surface area contributed by atoms with Gasteiger partial charge < -0.3 is 19.9 Å².